The highest BCUT2D eigenvalue weighted by molar-refractivity contribution is 7.80. The maximum Gasteiger partial charge on any atom is 0.150 e. The van der Waals surface area contributed by atoms with Crippen LogP contribution in [0.4, 0.5) is 0 Å². The van der Waals surface area contributed by atoms with Crippen LogP contribution in [0.2, 0.25) is 5.02 Å². The van der Waals surface area contributed by atoms with Crippen molar-refractivity contribution in [2.45, 2.75) is 37.9 Å². The second-order valence-corrected chi connectivity index (χ2v) is 4.96. The highest BCUT2D eigenvalue weighted by atomic mass is 35.5. The standard InChI is InChI=1S/C13H17ClOS/c1-2-3-4-5-13(16)12-8-11(14)7-6-10(12)9-15/h6-9,13,16H,2-5H2,1H3. The van der Waals surface area contributed by atoms with Gasteiger partial charge in [-0.25, -0.2) is 0 Å². The molecule has 0 aliphatic heterocycles. The Bertz CT molecular complexity index is 352. The molecule has 0 saturated carbocycles. The first-order valence-electron chi connectivity index (χ1n) is 5.61. The van der Waals surface area contributed by atoms with Crippen LogP contribution >= 0.6 is 24.2 Å². The molecule has 0 bridgehead atoms. The van der Waals surface area contributed by atoms with Crippen molar-refractivity contribution in [1.82, 2.24) is 0 Å². The molecule has 0 amide bonds. The molecule has 1 atom stereocenters. The van der Waals surface area contributed by atoms with E-state index in [4.69, 9.17) is 11.6 Å². The third-order valence-corrected chi connectivity index (χ3v) is 3.39. The van der Waals surface area contributed by atoms with Gasteiger partial charge in [-0.15, -0.1) is 0 Å². The van der Waals surface area contributed by atoms with Gasteiger partial charge < -0.3 is 0 Å². The number of carbonyl (C=O) groups is 1. The summed E-state index contributed by atoms with van der Waals surface area (Å²) in [5.74, 6) is 0. The molecule has 1 nitrogen and oxygen atoms in total. The maximum atomic E-state index is 10.9. The van der Waals surface area contributed by atoms with E-state index in [2.05, 4.69) is 19.6 Å². The van der Waals surface area contributed by atoms with Crippen molar-refractivity contribution in [2.75, 3.05) is 0 Å². The first-order chi connectivity index (χ1) is 7.69. The lowest BCUT2D eigenvalue weighted by molar-refractivity contribution is 0.112. The van der Waals surface area contributed by atoms with Crippen molar-refractivity contribution in [2.24, 2.45) is 0 Å². The molecule has 0 aliphatic rings. The summed E-state index contributed by atoms with van der Waals surface area (Å²) < 4.78 is 0. The highest BCUT2D eigenvalue weighted by Crippen LogP contribution is 2.30. The zero-order chi connectivity index (χ0) is 12.0. The molecule has 1 aromatic carbocycles. The molecule has 1 rings (SSSR count). The van der Waals surface area contributed by atoms with E-state index in [0.29, 0.717) is 10.6 Å². The zero-order valence-electron chi connectivity index (χ0n) is 9.45. The first-order valence-corrected chi connectivity index (χ1v) is 6.51. The van der Waals surface area contributed by atoms with E-state index in [-0.39, 0.29) is 5.25 Å². The van der Waals surface area contributed by atoms with Crippen molar-refractivity contribution in [3.63, 3.8) is 0 Å². The molecule has 0 saturated heterocycles. The Morgan fingerprint density at radius 2 is 2.19 bits per heavy atom. The smallest absolute Gasteiger partial charge is 0.150 e. The molecule has 0 N–H and O–H groups in total. The minimum Gasteiger partial charge on any atom is -0.298 e. The zero-order valence-corrected chi connectivity index (χ0v) is 11.1. The van der Waals surface area contributed by atoms with Gasteiger partial charge in [0.25, 0.3) is 0 Å². The van der Waals surface area contributed by atoms with Crippen molar-refractivity contribution in [3.05, 3.63) is 34.3 Å². The van der Waals surface area contributed by atoms with Gasteiger partial charge in [-0.05, 0) is 30.2 Å². The quantitative estimate of drug-likeness (QED) is 0.443. The van der Waals surface area contributed by atoms with Gasteiger partial charge in [0.05, 0.1) is 0 Å². The van der Waals surface area contributed by atoms with Crippen LogP contribution < -0.4 is 0 Å². The summed E-state index contributed by atoms with van der Waals surface area (Å²) in [5.41, 5.74) is 1.64. The average Bonchev–Trinajstić information content (AvgIpc) is 2.29. The van der Waals surface area contributed by atoms with Crippen LogP contribution in [0, 0.1) is 0 Å². The van der Waals surface area contributed by atoms with E-state index in [1.54, 1.807) is 12.1 Å². The summed E-state index contributed by atoms with van der Waals surface area (Å²) in [7, 11) is 0. The van der Waals surface area contributed by atoms with E-state index in [1.165, 1.54) is 12.8 Å². The summed E-state index contributed by atoms with van der Waals surface area (Å²) in [5, 5.41) is 0.764. The van der Waals surface area contributed by atoms with Crippen LogP contribution in [0.3, 0.4) is 0 Å². The van der Waals surface area contributed by atoms with E-state index >= 15 is 0 Å². The van der Waals surface area contributed by atoms with Gasteiger partial charge in [0, 0.05) is 15.8 Å². The topological polar surface area (TPSA) is 17.1 Å². The molecule has 0 heterocycles. The normalized spacial score (nSPS) is 12.4. The Morgan fingerprint density at radius 1 is 1.44 bits per heavy atom. The Morgan fingerprint density at radius 3 is 2.81 bits per heavy atom. The van der Waals surface area contributed by atoms with Crippen LogP contribution in [0.25, 0.3) is 0 Å². The third kappa shape index (κ3) is 3.84. The predicted octanol–water partition coefficient (Wildman–Crippen LogP) is 4.70. The van der Waals surface area contributed by atoms with Gasteiger partial charge in [0.2, 0.25) is 0 Å². The Balaban J connectivity index is 2.76. The van der Waals surface area contributed by atoms with Crippen LogP contribution in [-0.2, 0) is 0 Å². The Kier molecular flexibility index (Phi) is 5.93. The molecule has 1 aromatic rings. The van der Waals surface area contributed by atoms with E-state index in [1.807, 2.05) is 6.07 Å². The number of hydrogen-bond donors (Lipinski definition) is 1. The molecular formula is C13H17ClOS. The van der Waals surface area contributed by atoms with Gasteiger partial charge in [-0.3, -0.25) is 4.79 Å². The first kappa shape index (κ1) is 13.6. The van der Waals surface area contributed by atoms with Crippen LogP contribution in [-0.4, -0.2) is 6.29 Å². The predicted molar refractivity (Wildman–Crippen MR) is 72.7 cm³/mol. The monoisotopic (exact) mass is 256 g/mol. The van der Waals surface area contributed by atoms with Crippen molar-refractivity contribution < 1.29 is 4.79 Å². The molecule has 1 unspecified atom stereocenters. The number of hydrogen-bond acceptors (Lipinski definition) is 2. The molecule has 16 heavy (non-hydrogen) atoms. The van der Waals surface area contributed by atoms with Gasteiger partial charge >= 0.3 is 0 Å². The summed E-state index contributed by atoms with van der Waals surface area (Å²) in [6.07, 6.45) is 5.38. The molecule has 88 valence electrons. The molecule has 0 radical (unpaired) electrons. The molecule has 3 heteroatoms. The lowest BCUT2D eigenvalue weighted by Crippen LogP contribution is -1.97. The number of benzene rings is 1. The summed E-state index contributed by atoms with van der Waals surface area (Å²) in [6.45, 7) is 2.17. The van der Waals surface area contributed by atoms with Crippen molar-refractivity contribution in [3.8, 4) is 0 Å². The lowest BCUT2D eigenvalue weighted by Gasteiger charge is -2.13. The van der Waals surface area contributed by atoms with Gasteiger partial charge in [0.1, 0.15) is 6.29 Å². The fourth-order valence-corrected chi connectivity index (χ4v) is 2.27. The van der Waals surface area contributed by atoms with Gasteiger partial charge in [-0.1, -0.05) is 37.8 Å². The summed E-state index contributed by atoms with van der Waals surface area (Å²) in [4.78, 5) is 10.9. The van der Waals surface area contributed by atoms with Gasteiger partial charge in [0.15, 0.2) is 0 Å². The van der Waals surface area contributed by atoms with E-state index < -0.39 is 0 Å². The minimum absolute atomic E-state index is 0.102. The number of unbranched alkanes of at least 4 members (excludes halogenated alkanes) is 2. The number of rotatable bonds is 6. The fraction of sp³-hybridized carbons (Fsp3) is 0.462. The van der Waals surface area contributed by atoms with Crippen molar-refractivity contribution >= 4 is 30.5 Å². The van der Waals surface area contributed by atoms with E-state index in [0.717, 1.165) is 24.7 Å². The molecule has 0 fully saturated rings. The lowest BCUT2D eigenvalue weighted by atomic mass is 10.0. The second kappa shape index (κ2) is 6.97. The number of carbonyl (C=O) groups excluding carboxylic acids is 1. The molecule has 0 aromatic heterocycles. The van der Waals surface area contributed by atoms with E-state index in [9.17, 15) is 4.79 Å². The average molecular weight is 257 g/mol. The second-order valence-electron chi connectivity index (χ2n) is 3.90. The van der Waals surface area contributed by atoms with Crippen molar-refractivity contribution in [1.29, 1.82) is 0 Å². The Labute approximate surface area is 108 Å². The SMILES string of the molecule is CCCCCC(S)c1cc(Cl)ccc1C=O. The summed E-state index contributed by atoms with van der Waals surface area (Å²) in [6, 6.07) is 5.34. The number of thiol groups is 1. The molecular weight excluding hydrogens is 240 g/mol. The van der Waals surface area contributed by atoms with Crippen LogP contribution in [0.15, 0.2) is 18.2 Å². The third-order valence-electron chi connectivity index (χ3n) is 2.62. The summed E-state index contributed by atoms with van der Waals surface area (Å²) >= 11 is 10.5. The minimum atomic E-state index is 0.102. The van der Waals surface area contributed by atoms with Crippen LogP contribution in [0.1, 0.15) is 53.8 Å². The largest absolute Gasteiger partial charge is 0.298 e. The highest BCUT2D eigenvalue weighted by Gasteiger charge is 2.11. The number of halogens is 1. The fourth-order valence-electron chi connectivity index (χ4n) is 1.68. The number of aldehydes is 1. The Hall–Kier alpha value is -0.470. The molecule has 0 spiro atoms. The maximum absolute atomic E-state index is 10.9. The molecule has 0 aliphatic carbocycles. The van der Waals surface area contributed by atoms with Gasteiger partial charge in [-0.2, -0.15) is 12.6 Å². The van der Waals surface area contributed by atoms with Crippen LogP contribution in [0.5, 0.6) is 0 Å².